The van der Waals surface area contributed by atoms with Gasteiger partial charge in [-0.05, 0) is 31.0 Å². The molecule has 3 nitrogen and oxygen atoms in total. The first-order valence-corrected chi connectivity index (χ1v) is 6.77. The van der Waals surface area contributed by atoms with Crippen molar-refractivity contribution >= 4 is 0 Å². The van der Waals surface area contributed by atoms with E-state index in [0.29, 0.717) is 6.61 Å². The average Bonchev–Trinajstić information content (AvgIpc) is 2.42. The first kappa shape index (κ1) is 15.0. The molecule has 0 saturated carbocycles. The molecule has 1 saturated heterocycles. The molecule has 0 bridgehead atoms. The van der Waals surface area contributed by atoms with Crippen LogP contribution in [0.3, 0.4) is 0 Å². The Balaban J connectivity index is 0.000000771. The molecule has 0 spiro atoms. The zero-order chi connectivity index (χ0) is 13.2. The maximum absolute atomic E-state index is 5.63. The lowest BCUT2D eigenvalue weighted by molar-refractivity contribution is -0.183. The molecule has 18 heavy (non-hydrogen) atoms. The summed E-state index contributed by atoms with van der Waals surface area (Å²) >= 11 is 0. The van der Waals surface area contributed by atoms with Crippen molar-refractivity contribution in [2.75, 3.05) is 19.8 Å². The van der Waals surface area contributed by atoms with E-state index in [1.54, 1.807) is 0 Å². The summed E-state index contributed by atoms with van der Waals surface area (Å²) in [5.41, 5.74) is 1.21. The van der Waals surface area contributed by atoms with Gasteiger partial charge in [0.1, 0.15) is 5.75 Å². The van der Waals surface area contributed by atoms with Crippen LogP contribution in [-0.2, 0) is 9.47 Å². The molecule has 3 heteroatoms. The maximum atomic E-state index is 5.63. The van der Waals surface area contributed by atoms with Gasteiger partial charge in [-0.3, -0.25) is 0 Å². The highest BCUT2D eigenvalue weighted by molar-refractivity contribution is 5.27. The van der Waals surface area contributed by atoms with Gasteiger partial charge < -0.3 is 14.2 Å². The Hall–Kier alpha value is -1.06. The van der Waals surface area contributed by atoms with Crippen LogP contribution in [-0.4, -0.2) is 26.1 Å². The number of ether oxygens (including phenoxy) is 3. The molecule has 0 amide bonds. The van der Waals surface area contributed by atoms with Gasteiger partial charge in [0, 0.05) is 6.42 Å². The van der Waals surface area contributed by atoms with Gasteiger partial charge >= 0.3 is 0 Å². The fraction of sp³-hybridized carbons (Fsp3) is 0.600. The van der Waals surface area contributed by atoms with Gasteiger partial charge in [-0.15, -0.1) is 0 Å². The van der Waals surface area contributed by atoms with Crippen molar-refractivity contribution in [2.24, 2.45) is 0 Å². The Labute approximate surface area is 110 Å². The minimum absolute atomic E-state index is 0.0847. The van der Waals surface area contributed by atoms with Crippen LogP contribution in [0.2, 0.25) is 0 Å². The van der Waals surface area contributed by atoms with E-state index < -0.39 is 0 Å². The van der Waals surface area contributed by atoms with Crippen LogP contribution in [0.15, 0.2) is 24.3 Å². The van der Waals surface area contributed by atoms with E-state index in [4.69, 9.17) is 14.2 Å². The van der Waals surface area contributed by atoms with Crippen LogP contribution in [0.4, 0.5) is 0 Å². The van der Waals surface area contributed by atoms with Crippen molar-refractivity contribution in [3.63, 3.8) is 0 Å². The predicted octanol–water partition coefficient (Wildman–Crippen LogP) is 3.55. The minimum Gasteiger partial charge on any atom is -0.493 e. The lowest BCUT2D eigenvalue weighted by Gasteiger charge is -2.23. The topological polar surface area (TPSA) is 27.7 Å². The molecule has 0 aliphatic carbocycles. The fourth-order valence-electron chi connectivity index (χ4n) is 1.68. The smallest absolute Gasteiger partial charge is 0.160 e. The Morgan fingerprint density at radius 1 is 1.22 bits per heavy atom. The van der Waals surface area contributed by atoms with Crippen molar-refractivity contribution in [3.8, 4) is 5.75 Å². The predicted molar refractivity (Wildman–Crippen MR) is 72.9 cm³/mol. The summed E-state index contributed by atoms with van der Waals surface area (Å²) in [5.74, 6) is 0.913. The van der Waals surface area contributed by atoms with E-state index in [2.05, 4.69) is 13.0 Å². The van der Waals surface area contributed by atoms with Crippen LogP contribution in [0.25, 0.3) is 0 Å². The lowest BCUT2D eigenvalue weighted by Crippen LogP contribution is -2.26. The van der Waals surface area contributed by atoms with Crippen LogP contribution >= 0.6 is 0 Å². The highest BCUT2D eigenvalue weighted by atomic mass is 16.7. The largest absolute Gasteiger partial charge is 0.493 e. The lowest BCUT2D eigenvalue weighted by atomic mass is 10.2. The average molecular weight is 252 g/mol. The molecule has 1 fully saturated rings. The molecule has 1 aromatic rings. The van der Waals surface area contributed by atoms with Gasteiger partial charge in [0.05, 0.1) is 19.8 Å². The quantitative estimate of drug-likeness (QED) is 0.820. The second-order valence-electron chi connectivity index (χ2n) is 3.98. The molecule has 0 N–H and O–H groups in total. The summed E-state index contributed by atoms with van der Waals surface area (Å²) in [6.07, 6.45) is 1.70. The van der Waals surface area contributed by atoms with E-state index in [-0.39, 0.29) is 6.29 Å². The highest BCUT2D eigenvalue weighted by Crippen LogP contribution is 2.14. The van der Waals surface area contributed by atoms with E-state index in [0.717, 1.165) is 31.8 Å². The molecule has 102 valence electrons. The van der Waals surface area contributed by atoms with E-state index >= 15 is 0 Å². The van der Waals surface area contributed by atoms with Gasteiger partial charge in [0.2, 0.25) is 0 Å². The van der Waals surface area contributed by atoms with Crippen LogP contribution in [0, 0.1) is 6.92 Å². The molecule has 1 aliphatic heterocycles. The zero-order valence-electron chi connectivity index (χ0n) is 11.6. The number of hydrogen-bond donors (Lipinski definition) is 0. The third-order valence-corrected chi connectivity index (χ3v) is 2.51. The summed E-state index contributed by atoms with van der Waals surface area (Å²) in [7, 11) is 0. The Morgan fingerprint density at radius 3 is 2.61 bits per heavy atom. The monoisotopic (exact) mass is 252 g/mol. The Bertz CT molecular complexity index is 319. The molecule has 2 rings (SSSR count). The third kappa shape index (κ3) is 5.52. The highest BCUT2D eigenvalue weighted by Gasteiger charge is 2.13. The van der Waals surface area contributed by atoms with Gasteiger partial charge in [0.25, 0.3) is 0 Å². The molecular weight excluding hydrogens is 228 g/mol. The van der Waals surface area contributed by atoms with E-state index in [1.807, 2.05) is 32.0 Å². The number of aryl methyl sites for hydroxylation is 1. The third-order valence-electron chi connectivity index (χ3n) is 2.51. The first-order valence-electron chi connectivity index (χ1n) is 6.77. The Kier molecular flexibility index (Phi) is 7.46. The van der Waals surface area contributed by atoms with Crippen molar-refractivity contribution in [1.29, 1.82) is 0 Å². The summed E-state index contributed by atoms with van der Waals surface area (Å²) < 4.78 is 16.5. The normalized spacial score (nSPS) is 15.7. The molecule has 1 aliphatic rings. The molecule has 1 aromatic carbocycles. The summed E-state index contributed by atoms with van der Waals surface area (Å²) in [6.45, 7) is 8.29. The number of benzene rings is 1. The fourth-order valence-corrected chi connectivity index (χ4v) is 1.68. The van der Waals surface area contributed by atoms with Gasteiger partial charge in [-0.25, -0.2) is 0 Å². The zero-order valence-corrected chi connectivity index (χ0v) is 11.6. The van der Waals surface area contributed by atoms with E-state index in [1.165, 1.54) is 5.56 Å². The van der Waals surface area contributed by atoms with Crippen LogP contribution < -0.4 is 4.74 Å². The minimum atomic E-state index is -0.0847. The van der Waals surface area contributed by atoms with Crippen LogP contribution in [0.5, 0.6) is 5.75 Å². The van der Waals surface area contributed by atoms with Gasteiger partial charge in [0.15, 0.2) is 6.29 Å². The molecule has 0 unspecified atom stereocenters. The SMILES string of the molecule is CC.Cc1cccc(OCCC2OCCCO2)c1. The van der Waals surface area contributed by atoms with Crippen molar-refractivity contribution in [3.05, 3.63) is 29.8 Å². The molecule has 0 atom stereocenters. The second-order valence-corrected chi connectivity index (χ2v) is 3.98. The summed E-state index contributed by atoms with van der Waals surface area (Å²) in [5, 5.41) is 0. The van der Waals surface area contributed by atoms with Crippen molar-refractivity contribution in [1.82, 2.24) is 0 Å². The van der Waals surface area contributed by atoms with Gasteiger partial charge in [-0.2, -0.15) is 0 Å². The maximum Gasteiger partial charge on any atom is 0.160 e. The first-order chi connectivity index (χ1) is 8.84. The molecule has 0 radical (unpaired) electrons. The second kappa shape index (κ2) is 8.95. The molecular formula is C15H24O3. The summed E-state index contributed by atoms with van der Waals surface area (Å²) in [4.78, 5) is 0. The molecule has 1 heterocycles. The standard InChI is InChI=1S/C13H18O3.C2H6/c1-11-4-2-5-12(10-11)14-9-6-13-15-7-3-8-16-13;1-2/h2,4-5,10,13H,3,6-9H2,1H3;1-2H3. The van der Waals surface area contributed by atoms with E-state index in [9.17, 15) is 0 Å². The Morgan fingerprint density at radius 2 is 1.94 bits per heavy atom. The summed E-state index contributed by atoms with van der Waals surface area (Å²) in [6, 6.07) is 8.05. The van der Waals surface area contributed by atoms with Crippen LogP contribution in [0.1, 0.15) is 32.3 Å². The van der Waals surface area contributed by atoms with Crippen molar-refractivity contribution < 1.29 is 14.2 Å². The van der Waals surface area contributed by atoms with Crippen molar-refractivity contribution in [2.45, 2.75) is 39.9 Å². The number of hydrogen-bond acceptors (Lipinski definition) is 3. The molecule has 0 aromatic heterocycles. The van der Waals surface area contributed by atoms with Gasteiger partial charge in [-0.1, -0.05) is 26.0 Å². The number of rotatable bonds is 4.